The van der Waals surface area contributed by atoms with Crippen LogP contribution in [0.3, 0.4) is 0 Å². The number of benzene rings is 1. The molecule has 1 aliphatic rings. The summed E-state index contributed by atoms with van der Waals surface area (Å²) in [6.45, 7) is 1.03. The molecule has 1 aromatic carbocycles. The van der Waals surface area contributed by atoms with E-state index in [4.69, 9.17) is 21.1 Å². The Balaban J connectivity index is 2.13. The van der Waals surface area contributed by atoms with Crippen molar-refractivity contribution in [3.63, 3.8) is 0 Å². The van der Waals surface area contributed by atoms with Gasteiger partial charge >= 0.3 is 0 Å². The molecule has 6 heteroatoms. The van der Waals surface area contributed by atoms with Crippen molar-refractivity contribution in [1.82, 2.24) is 9.97 Å². The number of rotatable bonds is 2. The molecule has 1 aliphatic heterocycles. The molecule has 1 N–H and O–H groups in total. The minimum Gasteiger partial charge on any atom is -0.486 e. The predicted octanol–water partition coefficient (Wildman–Crippen LogP) is 2.61. The topological polar surface area (TPSA) is 56.3 Å². The predicted molar refractivity (Wildman–Crippen MR) is 73.0 cm³/mol. The van der Waals surface area contributed by atoms with Gasteiger partial charge in [0.25, 0.3) is 0 Å². The lowest BCUT2D eigenvalue weighted by Gasteiger charge is -2.20. The van der Waals surface area contributed by atoms with E-state index in [1.165, 1.54) is 0 Å². The summed E-state index contributed by atoms with van der Waals surface area (Å²) in [4.78, 5) is 8.56. The van der Waals surface area contributed by atoms with Crippen molar-refractivity contribution < 1.29 is 9.47 Å². The summed E-state index contributed by atoms with van der Waals surface area (Å²) in [5.41, 5.74) is 1.57. The first-order valence-electron chi connectivity index (χ1n) is 5.88. The highest BCUT2D eigenvalue weighted by molar-refractivity contribution is 6.32. The summed E-state index contributed by atoms with van der Waals surface area (Å²) < 4.78 is 11.1. The minimum atomic E-state index is 0.513. The van der Waals surface area contributed by atoms with E-state index in [2.05, 4.69) is 15.3 Å². The second-order valence-corrected chi connectivity index (χ2v) is 4.39. The zero-order valence-corrected chi connectivity index (χ0v) is 11.1. The molecule has 19 heavy (non-hydrogen) atoms. The van der Waals surface area contributed by atoms with E-state index in [-0.39, 0.29) is 0 Å². The molecule has 0 bridgehead atoms. The maximum absolute atomic E-state index is 6.22. The van der Waals surface area contributed by atoms with Crippen LogP contribution >= 0.6 is 11.6 Å². The van der Waals surface area contributed by atoms with Gasteiger partial charge in [0.2, 0.25) is 0 Å². The van der Waals surface area contributed by atoms with E-state index in [0.717, 1.165) is 11.3 Å². The van der Waals surface area contributed by atoms with Crippen molar-refractivity contribution in [3.05, 3.63) is 29.5 Å². The molecule has 0 spiro atoms. The van der Waals surface area contributed by atoms with Crippen molar-refractivity contribution in [2.75, 3.05) is 25.6 Å². The average Bonchev–Trinajstić information content (AvgIpc) is 2.47. The third-order valence-corrected chi connectivity index (χ3v) is 3.09. The lowest BCUT2D eigenvalue weighted by atomic mass is 10.1. The molecule has 2 heterocycles. The largest absolute Gasteiger partial charge is 0.486 e. The third kappa shape index (κ3) is 2.17. The molecule has 0 unspecified atom stereocenters. The van der Waals surface area contributed by atoms with Crippen LogP contribution in [0, 0.1) is 0 Å². The second kappa shape index (κ2) is 4.93. The zero-order valence-electron chi connectivity index (χ0n) is 10.3. The van der Waals surface area contributed by atoms with Gasteiger partial charge in [-0.05, 0) is 12.1 Å². The molecular weight excluding hydrogens is 266 g/mol. The highest BCUT2D eigenvalue weighted by Crippen LogP contribution is 2.41. The summed E-state index contributed by atoms with van der Waals surface area (Å²) in [6, 6.07) is 3.67. The van der Waals surface area contributed by atoms with Crippen LogP contribution in [0.25, 0.3) is 11.3 Å². The Morgan fingerprint density at radius 1 is 1.16 bits per heavy atom. The molecular formula is C13H12ClN3O2. The number of nitrogens with one attached hydrogen (secondary N) is 1. The van der Waals surface area contributed by atoms with E-state index in [0.29, 0.717) is 35.6 Å². The molecule has 0 amide bonds. The van der Waals surface area contributed by atoms with Crippen LogP contribution in [0.15, 0.2) is 24.5 Å². The molecule has 3 rings (SSSR count). The van der Waals surface area contributed by atoms with Gasteiger partial charge < -0.3 is 14.8 Å². The fraction of sp³-hybridized carbons (Fsp3) is 0.231. The Bertz CT molecular complexity index is 619. The van der Waals surface area contributed by atoms with Gasteiger partial charge in [-0.1, -0.05) is 11.6 Å². The van der Waals surface area contributed by atoms with Gasteiger partial charge in [0.05, 0.1) is 5.02 Å². The summed E-state index contributed by atoms with van der Waals surface area (Å²) in [5, 5.41) is 3.52. The van der Waals surface area contributed by atoms with Gasteiger partial charge in [0.15, 0.2) is 17.3 Å². The van der Waals surface area contributed by atoms with Crippen molar-refractivity contribution in [2.45, 2.75) is 0 Å². The first-order chi connectivity index (χ1) is 9.29. The highest BCUT2D eigenvalue weighted by Gasteiger charge is 2.18. The van der Waals surface area contributed by atoms with Crippen molar-refractivity contribution in [3.8, 4) is 22.8 Å². The van der Waals surface area contributed by atoms with Crippen LogP contribution in [0.1, 0.15) is 0 Å². The minimum absolute atomic E-state index is 0.513. The molecule has 0 atom stereocenters. The first-order valence-corrected chi connectivity index (χ1v) is 6.25. The lowest BCUT2D eigenvalue weighted by Crippen LogP contribution is -2.15. The molecule has 2 aromatic rings. The average molecular weight is 278 g/mol. The van der Waals surface area contributed by atoms with Crippen molar-refractivity contribution in [2.24, 2.45) is 0 Å². The summed E-state index contributed by atoms with van der Waals surface area (Å²) in [6.07, 6.45) is 3.27. The quantitative estimate of drug-likeness (QED) is 0.914. The molecule has 0 saturated heterocycles. The molecule has 0 saturated carbocycles. The van der Waals surface area contributed by atoms with Crippen molar-refractivity contribution >= 4 is 17.4 Å². The van der Waals surface area contributed by atoms with Gasteiger partial charge in [-0.2, -0.15) is 0 Å². The Morgan fingerprint density at radius 3 is 2.79 bits per heavy atom. The van der Waals surface area contributed by atoms with Gasteiger partial charge in [0.1, 0.15) is 18.9 Å². The van der Waals surface area contributed by atoms with Crippen LogP contribution in [0.5, 0.6) is 11.5 Å². The Labute approximate surface area is 115 Å². The Hall–Kier alpha value is -2.01. The van der Waals surface area contributed by atoms with Gasteiger partial charge in [-0.15, -0.1) is 0 Å². The Morgan fingerprint density at radius 2 is 1.95 bits per heavy atom. The number of ether oxygens (including phenoxy) is 2. The number of anilines is 1. The molecule has 0 aliphatic carbocycles. The number of hydrogen-bond acceptors (Lipinski definition) is 5. The molecule has 5 nitrogen and oxygen atoms in total. The first kappa shape index (κ1) is 12.0. The number of hydrogen-bond donors (Lipinski definition) is 1. The van der Waals surface area contributed by atoms with Crippen LogP contribution in [-0.4, -0.2) is 30.2 Å². The smallest absolute Gasteiger partial charge is 0.179 e. The summed E-state index contributed by atoms with van der Waals surface area (Å²) in [7, 11) is 1.80. The number of halogens is 1. The molecule has 0 fully saturated rings. The zero-order chi connectivity index (χ0) is 13.2. The fourth-order valence-corrected chi connectivity index (χ4v) is 2.25. The van der Waals surface area contributed by atoms with E-state index in [1.54, 1.807) is 25.5 Å². The Kier molecular flexibility index (Phi) is 3.13. The van der Waals surface area contributed by atoms with Crippen LogP contribution in [0.2, 0.25) is 5.02 Å². The third-order valence-electron chi connectivity index (χ3n) is 2.81. The van der Waals surface area contributed by atoms with Gasteiger partial charge in [0, 0.05) is 25.0 Å². The van der Waals surface area contributed by atoms with Crippen LogP contribution < -0.4 is 14.8 Å². The fourth-order valence-electron chi connectivity index (χ4n) is 1.98. The molecule has 0 radical (unpaired) electrons. The molecule has 98 valence electrons. The summed E-state index contributed by atoms with van der Waals surface area (Å²) >= 11 is 6.22. The SMILES string of the molecule is CNc1nccnc1-c1cc(Cl)c2c(c1)OCCO2. The molecule has 1 aromatic heterocycles. The standard InChI is InChI=1S/C13H12ClN3O2/c1-15-13-11(16-2-3-17-13)8-6-9(14)12-10(7-8)18-4-5-19-12/h2-3,6-7H,4-5H2,1H3,(H,15,17). The summed E-state index contributed by atoms with van der Waals surface area (Å²) in [5.74, 6) is 1.92. The van der Waals surface area contributed by atoms with E-state index >= 15 is 0 Å². The van der Waals surface area contributed by atoms with Crippen molar-refractivity contribution in [1.29, 1.82) is 0 Å². The lowest BCUT2D eigenvalue weighted by molar-refractivity contribution is 0.172. The normalized spacial score (nSPS) is 13.2. The van der Waals surface area contributed by atoms with E-state index in [1.807, 2.05) is 6.07 Å². The maximum atomic E-state index is 6.22. The number of aromatic nitrogens is 2. The van der Waals surface area contributed by atoms with Crippen LogP contribution in [0.4, 0.5) is 5.82 Å². The van der Waals surface area contributed by atoms with Gasteiger partial charge in [-0.25, -0.2) is 4.98 Å². The highest BCUT2D eigenvalue weighted by atomic mass is 35.5. The van der Waals surface area contributed by atoms with Gasteiger partial charge in [-0.3, -0.25) is 4.98 Å². The second-order valence-electron chi connectivity index (χ2n) is 3.99. The van der Waals surface area contributed by atoms with E-state index in [9.17, 15) is 0 Å². The maximum Gasteiger partial charge on any atom is 0.179 e. The van der Waals surface area contributed by atoms with E-state index < -0.39 is 0 Å². The van der Waals surface area contributed by atoms with Crippen LogP contribution in [-0.2, 0) is 0 Å². The monoisotopic (exact) mass is 277 g/mol. The number of nitrogens with zero attached hydrogens (tertiary/aromatic N) is 2. The number of fused-ring (bicyclic) bond motifs is 1.